The number of carbonyl (C=O) groups is 3. The Kier molecular flexibility index (Phi) is 4.63. The van der Waals surface area contributed by atoms with Crippen molar-refractivity contribution < 1.29 is 14.4 Å². The molecule has 0 bridgehead atoms. The predicted molar refractivity (Wildman–Crippen MR) is 110 cm³/mol. The van der Waals surface area contributed by atoms with Crippen molar-refractivity contribution in [2.24, 2.45) is 11.3 Å². The third-order valence-electron chi connectivity index (χ3n) is 5.65. The highest BCUT2D eigenvalue weighted by Gasteiger charge is 2.50. The summed E-state index contributed by atoms with van der Waals surface area (Å²) >= 11 is 0. The minimum atomic E-state index is -0.608. The number of hydrogen-bond donors (Lipinski definition) is 1. The number of rotatable bonds is 3. The maximum Gasteiger partial charge on any atom is 0.327 e. The second-order valence-electron chi connectivity index (χ2n) is 9.40. The molecular weight excluding hydrogens is 368 g/mol. The zero-order valence-electron chi connectivity index (χ0n) is 17.4. The maximum absolute atomic E-state index is 13.3. The van der Waals surface area contributed by atoms with Crippen LogP contribution in [-0.4, -0.2) is 69.8 Å². The zero-order chi connectivity index (χ0) is 20.9. The summed E-state index contributed by atoms with van der Waals surface area (Å²) in [5.74, 6) is -0.101. The molecule has 3 heterocycles. The SMILES string of the molecule is CC(C)CN1C(=O)C2CN(C(=O)c3ccc4[nH]ccc4c3)CC(C)(C)CN2C1=O. The number of benzene rings is 1. The molecule has 1 aromatic carbocycles. The molecule has 154 valence electrons. The average Bonchev–Trinajstić information content (AvgIpc) is 3.15. The molecule has 1 atom stereocenters. The average molecular weight is 396 g/mol. The van der Waals surface area contributed by atoms with Gasteiger partial charge in [-0.25, -0.2) is 4.79 Å². The molecule has 0 spiro atoms. The number of aromatic nitrogens is 1. The molecule has 2 fully saturated rings. The van der Waals surface area contributed by atoms with Gasteiger partial charge in [0.25, 0.3) is 11.8 Å². The van der Waals surface area contributed by atoms with Gasteiger partial charge in [0.15, 0.2) is 0 Å². The summed E-state index contributed by atoms with van der Waals surface area (Å²) in [6.07, 6.45) is 1.85. The lowest BCUT2D eigenvalue weighted by molar-refractivity contribution is -0.128. The lowest BCUT2D eigenvalue weighted by Crippen LogP contribution is -2.44. The second kappa shape index (κ2) is 6.90. The normalized spacial score (nSPS) is 21.8. The van der Waals surface area contributed by atoms with Gasteiger partial charge in [-0.2, -0.15) is 0 Å². The molecule has 2 aliphatic rings. The number of aromatic amines is 1. The predicted octanol–water partition coefficient (Wildman–Crippen LogP) is 2.94. The van der Waals surface area contributed by atoms with E-state index in [4.69, 9.17) is 0 Å². The first-order chi connectivity index (χ1) is 13.7. The molecule has 0 radical (unpaired) electrons. The fourth-order valence-electron chi connectivity index (χ4n) is 4.41. The Morgan fingerprint density at radius 1 is 1.21 bits per heavy atom. The van der Waals surface area contributed by atoms with Crippen LogP contribution in [0.1, 0.15) is 38.1 Å². The van der Waals surface area contributed by atoms with Crippen molar-refractivity contribution in [3.8, 4) is 0 Å². The van der Waals surface area contributed by atoms with Crippen LogP contribution >= 0.6 is 0 Å². The fourth-order valence-corrected chi connectivity index (χ4v) is 4.41. The van der Waals surface area contributed by atoms with E-state index in [1.807, 2.05) is 58.2 Å². The van der Waals surface area contributed by atoms with Gasteiger partial charge < -0.3 is 14.8 Å². The summed E-state index contributed by atoms with van der Waals surface area (Å²) in [5.41, 5.74) is 1.26. The topological polar surface area (TPSA) is 76.7 Å². The largest absolute Gasteiger partial charge is 0.361 e. The Morgan fingerprint density at radius 3 is 2.69 bits per heavy atom. The summed E-state index contributed by atoms with van der Waals surface area (Å²) in [5, 5.41) is 0.974. The monoisotopic (exact) mass is 396 g/mol. The van der Waals surface area contributed by atoms with E-state index < -0.39 is 6.04 Å². The van der Waals surface area contributed by atoms with Gasteiger partial charge in [0.05, 0.1) is 6.54 Å². The first-order valence-corrected chi connectivity index (χ1v) is 10.1. The molecule has 1 unspecified atom stereocenters. The molecule has 2 aromatic rings. The van der Waals surface area contributed by atoms with Gasteiger partial charge in [-0.15, -0.1) is 0 Å². The summed E-state index contributed by atoms with van der Waals surface area (Å²) in [4.78, 5) is 47.1. The van der Waals surface area contributed by atoms with Gasteiger partial charge in [0.1, 0.15) is 6.04 Å². The first kappa shape index (κ1) is 19.5. The van der Waals surface area contributed by atoms with Gasteiger partial charge >= 0.3 is 6.03 Å². The highest BCUT2D eigenvalue weighted by Crippen LogP contribution is 2.31. The molecule has 2 saturated heterocycles. The first-order valence-electron chi connectivity index (χ1n) is 10.1. The molecule has 1 N–H and O–H groups in total. The highest BCUT2D eigenvalue weighted by molar-refractivity contribution is 6.05. The number of urea groups is 1. The van der Waals surface area contributed by atoms with E-state index >= 15 is 0 Å². The molecule has 4 amide bonds. The Hall–Kier alpha value is -2.83. The van der Waals surface area contributed by atoms with Crippen LogP contribution in [0.2, 0.25) is 0 Å². The van der Waals surface area contributed by atoms with E-state index in [2.05, 4.69) is 4.98 Å². The Morgan fingerprint density at radius 2 is 1.97 bits per heavy atom. The van der Waals surface area contributed by atoms with Crippen LogP contribution in [0.25, 0.3) is 10.9 Å². The minimum absolute atomic E-state index is 0.106. The number of hydrogen-bond acceptors (Lipinski definition) is 3. The van der Waals surface area contributed by atoms with E-state index in [0.717, 1.165) is 10.9 Å². The molecule has 4 rings (SSSR count). The van der Waals surface area contributed by atoms with Gasteiger partial charge in [-0.1, -0.05) is 27.7 Å². The molecule has 2 aliphatic heterocycles. The summed E-state index contributed by atoms with van der Waals surface area (Å²) in [6.45, 7) is 9.63. The molecule has 0 aliphatic carbocycles. The van der Waals surface area contributed by atoms with E-state index in [1.54, 1.807) is 9.80 Å². The van der Waals surface area contributed by atoms with Crippen molar-refractivity contribution in [3.63, 3.8) is 0 Å². The van der Waals surface area contributed by atoms with Crippen LogP contribution in [0.4, 0.5) is 4.79 Å². The van der Waals surface area contributed by atoms with Crippen LogP contribution in [0, 0.1) is 11.3 Å². The molecule has 1 aromatic heterocycles. The molecular formula is C22H28N4O3. The Labute approximate surface area is 170 Å². The summed E-state index contributed by atoms with van der Waals surface area (Å²) in [7, 11) is 0. The number of fused-ring (bicyclic) bond motifs is 2. The number of amides is 4. The second-order valence-corrected chi connectivity index (χ2v) is 9.40. The number of imide groups is 1. The minimum Gasteiger partial charge on any atom is -0.361 e. The highest BCUT2D eigenvalue weighted by atomic mass is 16.2. The van der Waals surface area contributed by atoms with Crippen molar-refractivity contribution >= 4 is 28.7 Å². The molecule has 7 heteroatoms. The number of carbonyl (C=O) groups excluding carboxylic acids is 3. The third-order valence-corrected chi connectivity index (χ3v) is 5.65. The van der Waals surface area contributed by atoms with Crippen LogP contribution in [-0.2, 0) is 4.79 Å². The van der Waals surface area contributed by atoms with Gasteiger partial charge in [0, 0.05) is 47.7 Å². The van der Waals surface area contributed by atoms with Gasteiger partial charge in [-0.3, -0.25) is 14.5 Å². The lowest BCUT2D eigenvalue weighted by Gasteiger charge is -2.31. The smallest absolute Gasteiger partial charge is 0.327 e. The lowest BCUT2D eigenvalue weighted by atomic mass is 9.92. The van der Waals surface area contributed by atoms with E-state index in [9.17, 15) is 14.4 Å². The van der Waals surface area contributed by atoms with Crippen molar-refractivity contribution in [2.75, 3.05) is 26.2 Å². The molecule has 7 nitrogen and oxygen atoms in total. The summed E-state index contributed by atoms with van der Waals surface area (Å²) in [6, 6.07) is 6.67. The van der Waals surface area contributed by atoms with Crippen molar-refractivity contribution in [3.05, 3.63) is 36.0 Å². The summed E-state index contributed by atoms with van der Waals surface area (Å²) < 4.78 is 0. The quantitative estimate of drug-likeness (QED) is 0.811. The Bertz CT molecular complexity index is 977. The molecule has 29 heavy (non-hydrogen) atoms. The Balaban J connectivity index is 1.64. The van der Waals surface area contributed by atoms with E-state index in [-0.39, 0.29) is 35.7 Å². The standard InChI is InChI=1S/C22H28N4O3/c1-14(2)10-25-20(28)18-11-24(12-22(3,4)13-26(18)21(25)29)19(27)16-5-6-17-15(9-16)7-8-23-17/h5-9,14,18,23H,10-13H2,1-4H3. The van der Waals surface area contributed by atoms with Crippen LogP contribution < -0.4 is 0 Å². The number of nitrogens with zero attached hydrogens (tertiary/aromatic N) is 3. The van der Waals surface area contributed by atoms with Crippen LogP contribution in [0.5, 0.6) is 0 Å². The van der Waals surface area contributed by atoms with Gasteiger partial charge in [0.2, 0.25) is 0 Å². The van der Waals surface area contributed by atoms with Crippen LogP contribution in [0.3, 0.4) is 0 Å². The number of H-pyrrole nitrogens is 1. The van der Waals surface area contributed by atoms with E-state index in [0.29, 0.717) is 25.2 Å². The van der Waals surface area contributed by atoms with Crippen molar-refractivity contribution in [1.82, 2.24) is 19.7 Å². The van der Waals surface area contributed by atoms with E-state index in [1.165, 1.54) is 4.90 Å². The third kappa shape index (κ3) is 3.50. The van der Waals surface area contributed by atoms with Gasteiger partial charge in [-0.05, 0) is 30.2 Å². The van der Waals surface area contributed by atoms with Crippen molar-refractivity contribution in [1.29, 1.82) is 0 Å². The maximum atomic E-state index is 13.3. The number of nitrogens with one attached hydrogen (secondary N) is 1. The molecule has 0 saturated carbocycles. The zero-order valence-corrected chi connectivity index (χ0v) is 17.4. The van der Waals surface area contributed by atoms with Crippen LogP contribution in [0.15, 0.2) is 30.5 Å². The fraction of sp³-hybridized carbons (Fsp3) is 0.500. The van der Waals surface area contributed by atoms with Crippen molar-refractivity contribution in [2.45, 2.75) is 33.7 Å².